The van der Waals surface area contributed by atoms with Gasteiger partial charge < -0.3 is 5.32 Å². The second-order valence-corrected chi connectivity index (χ2v) is 3.99. The number of fused-ring (bicyclic) bond motifs is 1. The Hall–Kier alpha value is -2.43. The van der Waals surface area contributed by atoms with Gasteiger partial charge in [-0.05, 0) is 18.2 Å². The van der Waals surface area contributed by atoms with Crippen LogP contribution in [0, 0.1) is 0 Å². The number of aromatic amines is 1. The molecular formula is C13H13N5. The molecule has 3 heterocycles. The maximum absolute atomic E-state index is 4.35. The van der Waals surface area contributed by atoms with Crippen molar-refractivity contribution in [3.05, 3.63) is 48.5 Å². The highest BCUT2D eigenvalue weighted by Gasteiger charge is 2.02. The summed E-state index contributed by atoms with van der Waals surface area (Å²) < 4.78 is 0. The second kappa shape index (κ2) is 4.83. The molecule has 0 unspecified atom stereocenters. The minimum Gasteiger partial charge on any atom is -0.368 e. The Balaban J connectivity index is 1.74. The standard InChI is InChI=1S/C13H13N5/c1-2-10-3-7-15-13(12(10)14-6-1)16-8-4-11-5-9-17-18-11/h1-3,5-7,9H,4,8H2,(H,15,16)(H,17,18). The number of aromatic nitrogens is 4. The summed E-state index contributed by atoms with van der Waals surface area (Å²) in [7, 11) is 0. The van der Waals surface area contributed by atoms with E-state index in [0.717, 1.165) is 35.4 Å². The van der Waals surface area contributed by atoms with Crippen molar-refractivity contribution < 1.29 is 0 Å². The maximum atomic E-state index is 4.35. The van der Waals surface area contributed by atoms with Crippen molar-refractivity contribution in [2.45, 2.75) is 6.42 Å². The van der Waals surface area contributed by atoms with Crippen LogP contribution in [0.5, 0.6) is 0 Å². The Morgan fingerprint density at radius 3 is 2.94 bits per heavy atom. The van der Waals surface area contributed by atoms with Gasteiger partial charge in [0.25, 0.3) is 0 Å². The molecule has 0 spiro atoms. The number of nitrogens with one attached hydrogen (secondary N) is 2. The summed E-state index contributed by atoms with van der Waals surface area (Å²) in [6.45, 7) is 0.797. The Labute approximate surface area is 104 Å². The highest BCUT2D eigenvalue weighted by molar-refractivity contribution is 5.87. The van der Waals surface area contributed by atoms with E-state index in [2.05, 4.69) is 25.5 Å². The molecule has 5 heteroatoms. The average Bonchev–Trinajstić information content (AvgIpc) is 2.92. The molecule has 2 N–H and O–H groups in total. The molecule has 5 nitrogen and oxygen atoms in total. The first-order chi connectivity index (χ1) is 8.93. The van der Waals surface area contributed by atoms with Gasteiger partial charge in [0.1, 0.15) is 5.52 Å². The van der Waals surface area contributed by atoms with E-state index in [9.17, 15) is 0 Å². The number of anilines is 1. The molecule has 0 atom stereocenters. The predicted octanol–water partition coefficient (Wildman–Crippen LogP) is 2.01. The van der Waals surface area contributed by atoms with Gasteiger partial charge in [-0.15, -0.1) is 0 Å². The lowest BCUT2D eigenvalue weighted by Crippen LogP contribution is -2.07. The fourth-order valence-corrected chi connectivity index (χ4v) is 1.87. The maximum Gasteiger partial charge on any atom is 0.152 e. The van der Waals surface area contributed by atoms with Crippen molar-refractivity contribution in [3.8, 4) is 0 Å². The summed E-state index contributed by atoms with van der Waals surface area (Å²) in [5, 5.41) is 11.3. The first-order valence-electron chi connectivity index (χ1n) is 5.85. The van der Waals surface area contributed by atoms with E-state index in [1.807, 2.05) is 24.3 Å². The highest BCUT2D eigenvalue weighted by atomic mass is 15.1. The molecule has 0 fully saturated rings. The Morgan fingerprint density at radius 1 is 1.06 bits per heavy atom. The molecule has 0 aliphatic carbocycles. The number of hydrogen-bond donors (Lipinski definition) is 2. The van der Waals surface area contributed by atoms with Crippen LogP contribution in [0.4, 0.5) is 5.82 Å². The van der Waals surface area contributed by atoms with E-state index in [-0.39, 0.29) is 0 Å². The highest BCUT2D eigenvalue weighted by Crippen LogP contribution is 2.17. The Kier molecular flexibility index (Phi) is 2.87. The normalized spacial score (nSPS) is 10.7. The molecule has 0 aliphatic rings. The largest absolute Gasteiger partial charge is 0.368 e. The molecule has 0 aliphatic heterocycles. The quantitative estimate of drug-likeness (QED) is 0.731. The zero-order valence-electron chi connectivity index (χ0n) is 9.80. The first-order valence-corrected chi connectivity index (χ1v) is 5.85. The van der Waals surface area contributed by atoms with Crippen LogP contribution in [0.3, 0.4) is 0 Å². The lowest BCUT2D eigenvalue weighted by Gasteiger charge is -2.06. The molecule has 3 aromatic rings. The molecular weight excluding hydrogens is 226 g/mol. The van der Waals surface area contributed by atoms with E-state index in [1.165, 1.54) is 0 Å². The molecule has 0 aromatic carbocycles. The SMILES string of the molecule is c1cnc2c(NCCc3ccn[nH]3)nccc2c1. The second-order valence-electron chi connectivity index (χ2n) is 3.99. The molecule has 3 aromatic heterocycles. The smallest absolute Gasteiger partial charge is 0.152 e. The van der Waals surface area contributed by atoms with Crippen molar-refractivity contribution in [1.82, 2.24) is 20.2 Å². The third kappa shape index (κ3) is 2.15. The number of H-pyrrole nitrogens is 1. The van der Waals surface area contributed by atoms with Crippen molar-refractivity contribution >= 4 is 16.7 Å². The van der Waals surface area contributed by atoms with E-state index >= 15 is 0 Å². The van der Waals surface area contributed by atoms with E-state index in [4.69, 9.17) is 0 Å². The Morgan fingerprint density at radius 2 is 2.06 bits per heavy atom. The van der Waals surface area contributed by atoms with Crippen LogP contribution >= 0.6 is 0 Å². The fraction of sp³-hybridized carbons (Fsp3) is 0.154. The molecule has 0 saturated heterocycles. The monoisotopic (exact) mass is 239 g/mol. The van der Waals surface area contributed by atoms with Crippen molar-refractivity contribution in [2.24, 2.45) is 0 Å². The van der Waals surface area contributed by atoms with Crippen LogP contribution in [0.2, 0.25) is 0 Å². The molecule has 0 amide bonds. The summed E-state index contributed by atoms with van der Waals surface area (Å²) >= 11 is 0. The van der Waals surface area contributed by atoms with Crippen molar-refractivity contribution in [2.75, 3.05) is 11.9 Å². The first kappa shape index (κ1) is 10.7. The lowest BCUT2D eigenvalue weighted by molar-refractivity contribution is 0.926. The molecule has 3 rings (SSSR count). The zero-order valence-corrected chi connectivity index (χ0v) is 9.80. The summed E-state index contributed by atoms with van der Waals surface area (Å²) in [6.07, 6.45) is 6.21. The predicted molar refractivity (Wildman–Crippen MR) is 70.3 cm³/mol. The van der Waals surface area contributed by atoms with Crippen molar-refractivity contribution in [1.29, 1.82) is 0 Å². The number of pyridine rings is 2. The van der Waals surface area contributed by atoms with Gasteiger partial charge in [0.05, 0.1) is 0 Å². The summed E-state index contributed by atoms with van der Waals surface area (Å²) in [6, 6.07) is 7.89. The van der Waals surface area contributed by atoms with Gasteiger partial charge >= 0.3 is 0 Å². The molecule has 0 saturated carbocycles. The van der Waals surface area contributed by atoms with Gasteiger partial charge in [-0.3, -0.25) is 10.1 Å². The molecule has 18 heavy (non-hydrogen) atoms. The third-order valence-electron chi connectivity index (χ3n) is 2.77. The van der Waals surface area contributed by atoms with Crippen LogP contribution in [0.15, 0.2) is 42.9 Å². The lowest BCUT2D eigenvalue weighted by atomic mass is 10.2. The van der Waals surface area contributed by atoms with Crippen LogP contribution in [0.1, 0.15) is 5.69 Å². The minimum absolute atomic E-state index is 0.797. The molecule has 90 valence electrons. The summed E-state index contributed by atoms with van der Waals surface area (Å²) in [5.74, 6) is 0.826. The zero-order chi connectivity index (χ0) is 12.2. The average molecular weight is 239 g/mol. The van der Waals surface area contributed by atoms with Gasteiger partial charge in [0.2, 0.25) is 0 Å². The minimum atomic E-state index is 0.797. The van der Waals surface area contributed by atoms with E-state index in [0.29, 0.717) is 0 Å². The number of nitrogens with zero attached hydrogens (tertiary/aromatic N) is 3. The summed E-state index contributed by atoms with van der Waals surface area (Å²) in [4.78, 5) is 8.68. The van der Waals surface area contributed by atoms with E-state index < -0.39 is 0 Å². The molecule has 0 bridgehead atoms. The topological polar surface area (TPSA) is 66.5 Å². The van der Waals surface area contributed by atoms with Crippen LogP contribution in [-0.2, 0) is 6.42 Å². The fourth-order valence-electron chi connectivity index (χ4n) is 1.87. The van der Waals surface area contributed by atoms with Crippen LogP contribution in [-0.4, -0.2) is 26.7 Å². The Bertz CT molecular complexity index is 627. The third-order valence-corrected chi connectivity index (χ3v) is 2.77. The van der Waals surface area contributed by atoms with Crippen LogP contribution < -0.4 is 5.32 Å². The van der Waals surface area contributed by atoms with Gasteiger partial charge in [-0.2, -0.15) is 5.10 Å². The number of rotatable bonds is 4. The number of hydrogen-bond acceptors (Lipinski definition) is 4. The summed E-state index contributed by atoms with van der Waals surface area (Å²) in [5.41, 5.74) is 2.01. The molecule has 0 radical (unpaired) electrons. The van der Waals surface area contributed by atoms with Crippen LogP contribution in [0.25, 0.3) is 10.9 Å². The van der Waals surface area contributed by atoms with Crippen molar-refractivity contribution in [3.63, 3.8) is 0 Å². The van der Waals surface area contributed by atoms with Gasteiger partial charge in [-0.25, -0.2) is 4.98 Å². The van der Waals surface area contributed by atoms with Gasteiger partial charge in [-0.1, -0.05) is 6.07 Å². The van der Waals surface area contributed by atoms with Gasteiger partial charge in [0.15, 0.2) is 5.82 Å². The van der Waals surface area contributed by atoms with Gasteiger partial charge in [0, 0.05) is 42.6 Å². The van der Waals surface area contributed by atoms with E-state index in [1.54, 1.807) is 18.6 Å².